The number of ether oxygens (including phenoxy) is 1. The number of hydrogen-bond acceptors (Lipinski definition) is 15. The molecular formula is C31H61BN4O14. The van der Waals surface area contributed by atoms with Crippen LogP contribution in [0.25, 0.3) is 0 Å². The van der Waals surface area contributed by atoms with Crippen molar-refractivity contribution in [2.75, 3.05) is 32.9 Å². The van der Waals surface area contributed by atoms with Gasteiger partial charge in [-0.05, 0) is 60.8 Å². The fourth-order valence-corrected chi connectivity index (χ4v) is 4.86. The van der Waals surface area contributed by atoms with Crippen molar-refractivity contribution >= 4 is 25.6 Å². The Morgan fingerprint density at radius 3 is 1.58 bits per heavy atom. The standard InChI is InChI=1S/C31H61BN4O14/c1-29(2,3)36-30(4,5)11-12-50-31(6,32)10-9-23(44)35-17(28(49)34-14-19(40)25(46)27(48)21(42)16-38)7-8-22(43)33-13-18(39)24(45)26(47)20(41)15-37/h17-21,24-27,36-42,45-48H,7-16H2,1-6H3,(H,33,43)(H,34,49)(H,35,44)/t17?,18-,19-,20+,21+,24+,25+,26+,27+,31?/m0/s1. The van der Waals surface area contributed by atoms with Gasteiger partial charge in [0.15, 0.2) is 0 Å². The molecule has 18 nitrogen and oxygen atoms in total. The molecule has 3 amide bonds. The third-order valence-electron chi connectivity index (χ3n) is 7.68. The maximum absolute atomic E-state index is 13.0. The normalized spacial score (nSPS) is 19.1. The summed E-state index contributed by atoms with van der Waals surface area (Å²) in [6.45, 7) is 9.02. The number of hydrogen-bond donors (Lipinski definition) is 14. The van der Waals surface area contributed by atoms with Gasteiger partial charge in [0.1, 0.15) is 50.5 Å². The molecule has 292 valence electrons. The summed E-state index contributed by atoms with van der Waals surface area (Å²) in [7, 11) is 6.26. The summed E-state index contributed by atoms with van der Waals surface area (Å²) in [6.07, 6.45) is -15.0. The molecule has 50 heavy (non-hydrogen) atoms. The van der Waals surface area contributed by atoms with Crippen molar-refractivity contribution in [3.8, 4) is 0 Å². The van der Waals surface area contributed by atoms with Crippen LogP contribution >= 0.6 is 0 Å². The third kappa shape index (κ3) is 19.6. The van der Waals surface area contributed by atoms with Crippen molar-refractivity contribution in [2.24, 2.45) is 0 Å². The van der Waals surface area contributed by atoms with Crippen molar-refractivity contribution in [3.63, 3.8) is 0 Å². The van der Waals surface area contributed by atoms with Gasteiger partial charge in [-0.25, -0.2) is 0 Å². The van der Waals surface area contributed by atoms with Crippen molar-refractivity contribution < 1.29 is 70.2 Å². The lowest BCUT2D eigenvalue weighted by Gasteiger charge is -2.36. The smallest absolute Gasteiger partial charge is 0.242 e. The van der Waals surface area contributed by atoms with Crippen molar-refractivity contribution in [1.29, 1.82) is 0 Å². The first-order valence-electron chi connectivity index (χ1n) is 16.6. The Bertz CT molecular complexity index is 1020. The maximum Gasteiger partial charge on any atom is 0.242 e. The Labute approximate surface area is 295 Å². The van der Waals surface area contributed by atoms with Crippen LogP contribution in [0.4, 0.5) is 0 Å². The summed E-state index contributed by atoms with van der Waals surface area (Å²) >= 11 is 0. The van der Waals surface area contributed by atoms with Crippen LogP contribution in [0.15, 0.2) is 0 Å². The first-order chi connectivity index (χ1) is 22.9. The summed E-state index contributed by atoms with van der Waals surface area (Å²) in [6, 6.07) is -1.38. The number of aliphatic hydroxyl groups is 10. The second kappa shape index (κ2) is 22.2. The number of carbonyl (C=O) groups excluding carboxylic acids is 3. The Kier molecular flexibility index (Phi) is 21.3. The molecule has 0 saturated heterocycles. The van der Waals surface area contributed by atoms with Gasteiger partial charge in [-0.15, -0.1) is 0 Å². The van der Waals surface area contributed by atoms with Crippen LogP contribution in [0.5, 0.6) is 0 Å². The molecular weight excluding hydrogens is 663 g/mol. The van der Waals surface area contributed by atoms with Gasteiger partial charge < -0.3 is 77.1 Å². The molecule has 14 N–H and O–H groups in total. The molecule has 0 aromatic heterocycles. The van der Waals surface area contributed by atoms with Crippen molar-refractivity contribution in [2.45, 2.75) is 145 Å². The van der Waals surface area contributed by atoms with Crippen molar-refractivity contribution in [1.82, 2.24) is 21.3 Å². The third-order valence-corrected chi connectivity index (χ3v) is 7.68. The van der Waals surface area contributed by atoms with Gasteiger partial charge in [0.2, 0.25) is 17.7 Å². The molecule has 0 bridgehead atoms. The molecule has 0 fully saturated rings. The van der Waals surface area contributed by atoms with E-state index in [1.54, 1.807) is 6.92 Å². The number of amides is 3. The zero-order valence-corrected chi connectivity index (χ0v) is 29.9. The van der Waals surface area contributed by atoms with E-state index in [1.165, 1.54) is 0 Å². The second-order valence-electron chi connectivity index (χ2n) is 14.5. The Morgan fingerprint density at radius 1 is 0.660 bits per heavy atom. The molecule has 0 rings (SSSR count). The van der Waals surface area contributed by atoms with Gasteiger partial charge in [-0.1, -0.05) is 0 Å². The average Bonchev–Trinajstić information content (AvgIpc) is 3.02. The lowest BCUT2D eigenvalue weighted by atomic mass is 9.79. The highest BCUT2D eigenvalue weighted by atomic mass is 16.5. The second-order valence-corrected chi connectivity index (χ2v) is 14.5. The van der Waals surface area contributed by atoms with Crippen LogP contribution in [0, 0.1) is 0 Å². The zero-order chi connectivity index (χ0) is 39.0. The molecule has 2 unspecified atom stereocenters. The summed E-state index contributed by atoms with van der Waals surface area (Å²) in [5.41, 5.74) is -1.60. The van der Waals surface area contributed by atoms with Gasteiger partial charge in [-0.2, -0.15) is 0 Å². The highest BCUT2D eigenvalue weighted by molar-refractivity contribution is 6.14. The predicted molar refractivity (Wildman–Crippen MR) is 180 cm³/mol. The van der Waals surface area contributed by atoms with Gasteiger partial charge in [0.05, 0.1) is 25.4 Å². The van der Waals surface area contributed by atoms with E-state index in [9.17, 15) is 55.2 Å². The van der Waals surface area contributed by atoms with Crippen LogP contribution < -0.4 is 21.3 Å². The van der Waals surface area contributed by atoms with Gasteiger partial charge in [-0.3, -0.25) is 14.4 Å². The largest absolute Gasteiger partial charge is 0.394 e. The lowest BCUT2D eigenvalue weighted by Crippen LogP contribution is -2.53. The van der Waals surface area contributed by atoms with E-state index in [2.05, 4.69) is 21.3 Å². The van der Waals surface area contributed by atoms with E-state index in [0.717, 1.165) is 0 Å². The number of aliphatic hydroxyl groups excluding tert-OH is 10. The van der Waals surface area contributed by atoms with E-state index in [-0.39, 0.29) is 36.9 Å². The van der Waals surface area contributed by atoms with E-state index in [1.807, 2.05) is 34.6 Å². The van der Waals surface area contributed by atoms with E-state index < -0.39 is 111 Å². The molecule has 0 heterocycles. The van der Waals surface area contributed by atoms with Crippen LogP contribution in [0.1, 0.15) is 73.6 Å². The van der Waals surface area contributed by atoms with Crippen LogP contribution in [-0.2, 0) is 19.1 Å². The van der Waals surface area contributed by atoms with Crippen molar-refractivity contribution in [3.05, 3.63) is 0 Å². The van der Waals surface area contributed by atoms with E-state index >= 15 is 0 Å². The summed E-state index contributed by atoms with van der Waals surface area (Å²) < 4.78 is 5.83. The first kappa shape index (κ1) is 48.0. The Morgan fingerprint density at radius 2 is 1.12 bits per heavy atom. The average molecular weight is 725 g/mol. The fourth-order valence-electron chi connectivity index (χ4n) is 4.86. The highest BCUT2D eigenvalue weighted by Crippen LogP contribution is 2.19. The number of carbonyl (C=O) groups is 3. The topological polar surface area (TPSA) is 311 Å². The minimum atomic E-state index is -1.97. The number of nitrogens with one attached hydrogen (secondary N) is 4. The maximum atomic E-state index is 13.0. The molecule has 0 spiro atoms. The van der Waals surface area contributed by atoms with Gasteiger partial charge >= 0.3 is 0 Å². The molecule has 0 saturated carbocycles. The highest BCUT2D eigenvalue weighted by Gasteiger charge is 2.33. The Balaban J connectivity index is 5.39. The lowest BCUT2D eigenvalue weighted by molar-refractivity contribution is -0.132. The monoisotopic (exact) mass is 724 g/mol. The number of rotatable bonds is 25. The first-order valence-corrected chi connectivity index (χ1v) is 16.6. The molecule has 2 radical (unpaired) electrons. The minimum Gasteiger partial charge on any atom is -0.394 e. The molecule has 19 heteroatoms. The van der Waals surface area contributed by atoms with Gasteiger partial charge in [0.25, 0.3) is 0 Å². The molecule has 0 aliphatic carbocycles. The van der Waals surface area contributed by atoms with E-state index in [4.69, 9.17) is 22.8 Å². The quantitative estimate of drug-likeness (QED) is 0.0391. The van der Waals surface area contributed by atoms with Crippen LogP contribution in [-0.4, -0.2) is 181 Å². The molecule has 0 aromatic rings. The Hall–Kier alpha value is -2.01. The molecule has 0 aliphatic rings. The predicted octanol–water partition coefficient (Wildman–Crippen LogP) is -5.41. The summed E-state index contributed by atoms with van der Waals surface area (Å²) in [5.74, 6) is -2.28. The molecule has 0 aliphatic heterocycles. The molecule has 0 aromatic carbocycles. The summed E-state index contributed by atoms with van der Waals surface area (Å²) in [5, 5.41) is 107. The minimum absolute atomic E-state index is 0.0494. The van der Waals surface area contributed by atoms with Crippen LogP contribution in [0.2, 0.25) is 0 Å². The fraction of sp³-hybridized carbons (Fsp3) is 0.903. The summed E-state index contributed by atoms with van der Waals surface area (Å²) in [4.78, 5) is 38.4. The zero-order valence-electron chi connectivity index (χ0n) is 29.9. The molecule has 10 atom stereocenters. The van der Waals surface area contributed by atoms with Gasteiger partial charge in [0, 0.05) is 49.1 Å². The van der Waals surface area contributed by atoms with E-state index in [0.29, 0.717) is 6.42 Å². The SMILES string of the molecule is [B]C(C)(CCC(=O)NC(CCC(=O)NC[C@H](O)[C@@H](O)[C@H](O)[C@H](O)CO)C(=O)NC[C@H](O)[C@@H](O)[C@H](O)[C@H](O)CO)OCCC(C)(C)NC(C)(C)C. The van der Waals surface area contributed by atoms with Crippen LogP contribution in [0.3, 0.4) is 0 Å².